The number of Topliss-reactive ketones (excluding diaryl/α,β-unsaturated/α-hetero) is 1. The van der Waals surface area contributed by atoms with E-state index in [-0.39, 0.29) is 18.3 Å². The van der Waals surface area contributed by atoms with Crippen LogP contribution in [0.5, 0.6) is 0 Å². The molecule has 0 aromatic carbocycles. The van der Waals surface area contributed by atoms with Crippen molar-refractivity contribution < 1.29 is 22.7 Å². The number of hydrogen-bond donors (Lipinski definition) is 0. The van der Waals surface area contributed by atoms with Gasteiger partial charge in [-0.15, -0.1) is 0 Å². The van der Waals surface area contributed by atoms with Crippen LogP contribution in [0.1, 0.15) is 45.4 Å². The van der Waals surface area contributed by atoms with E-state index in [9.17, 15) is 18.0 Å². The number of hydrogen-bond acceptors (Lipinski definition) is 2. The molecule has 0 aliphatic heterocycles. The first-order chi connectivity index (χ1) is 8.42. The van der Waals surface area contributed by atoms with Gasteiger partial charge in [0.15, 0.2) is 0 Å². The Balaban J connectivity index is 2.16. The lowest BCUT2D eigenvalue weighted by atomic mass is 9.77. The van der Waals surface area contributed by atoms with Gasteiger partial charge in [0.2, 0.25) is 0 Å². The molecule has 0 heterocycles. The van der Waals surface area contributed by atoms with E-state index >= 15 is 0 Å². The Hall–Kier alpha value is -0.580. The van der Waals surface area contributed by atoms with Crippen LogP contribution in [0.4, 0.5) is 13.2 Å². The summed E-state index contributed by atoms with van der Waals surface area (Å²) in [5.74, 6) is 0.914. The highest BCUT2D eigenvalue weighted by molar-refractivity contribution is 5.81. The number of ketones is 1. The summed E-state index contributed by atoms with van der Waals surface area (Å²) in [6.45, 7) is 1.01. The van der Waals surface area contributed by atoms with Gasteiger partial charge in [-0.1, -0.05) is 13.3 Å². The van der Waals surface area contributed by atoms with Crippen LogP contribution in [0, 0.1) is 11.8 Å². The number of rotatable bonds is 6. The minimum atomic E-state index is -4.26. The third-order valence-corrected chi connectivity index (χ3v) is 3.56. The van der Waals surface area contributed by atoms with Crippen LogP contribution in [0.2, 0.25) is 0 Å². The van der Waals surface area contributed by atoms with Gasteiger partial charge < -0.3 is 4.74 Å². The Labute approximate surface area is 106 Å². The summed E-state index contributed by atoms with van der Waals surface area (Å²) in [6.07, 6.45) is 0.510. The average molecular weight is 266 g/mol. The summed E-state index contributed by atoms with van der Waals surface area (Å²) < 4.78 is 40.0. The molecule has 0 aromatic heterocycles. The van der Waals surface area contributed by atoms with Crippen molar-refractivity contribution in [1.29, 1.82) is 0 Å². The van der Waals surface area contributed by atoms with Crippen LogP contribution in [0.25, 0.3) is 0 Å². The first-order valence-corrected chi connectivity index (χ1v) is 6.59. The SMILES string of the molecule is CCC1CCC(=O)C(CCCOCC(F)(F)F)C1. The fourth-order valence-corrected chi connectivity index (χ4v) is 2.47. The summed E-state index contributed by atoms with van der Waals surface area (Å²) in [5.41, 5.74) is 0. The quantitative estimate of drug-likeness (QED) is 0.684. The van der Waals surface area contributed by atoms with Crippen LogP contribution in [0.15, 0.2) is 0 Å². The third kappa shape index (κ3) is 5.85. The first-order valence-electron chi connectivity index (χ1n) is 6.59. The van der Waals surface area contributed by atoms with Crippen LogP contribution >= 0.6 is 0 Å². The molecule has 1 aliphatic rings. The minimum absolute atomic E-state index is 0.0400. The molecule has 5 heteroatoms. The summed E-state index contributed by atoms with van der Waals surface area (Å²) in [5, 5.41) is 0. The van der Waals surface area contributed by atoms with E-state index in [0.717, 1.165) is 19.3 Å². The zero-order valence-electron chi connectivity index (χ0n) is 10.8. The predicted molar refractivity (Wildman–Crippen MR) is 62.2 cm³/mol. The highest BCUT2D eigenvalue weighted by Crippen LogP contribution is 2.31. The van der Waals surface area contributed by atoms with E-state index in [0.29, 0.717) is 25.2 Å². The predicted octanol–water partition coefficient (Wildman–Crippen LogP) is 3.74. The zero-order chi connectivity index (χ0) is 13.6. The van der Waals surface area contributed by atoms with Gasteiger partial charge in [0.05, 0.1) is 0 Å². The Morgan fingerprint density at radius 2 is 2.11 bits per heavy atom. The number of ether oxygens (including phenoxy) is 1. The maximum Gasteiger partial charge on any atom is 0.411 e. The molecule has 0 N–H and O–H groups in total. The molecule has 18 heavy (non-hydrogen) atoms. The zero-order valence-corrected chi connectivity index (χ0v) is 10.8. The van der Waals surface area contributed by atoms with E-state index < -0.39 is 12.8 Å². The molecule has 1 fully saturated rings. The van der Waals surface area contributed by atoms with Crippen LogP contribution < -0.4 is 0 Å². The molecule has 0 amide bonds. The molecule has 1 saturated carbocycles. The van der Waals surface area contributed by atoms with E-state index in [4.69, 9.17) is 0 Å². The molecule has 0 radical (unpaired) electrons. The summed E-state index contributed by atoms with van der Waals surface area (Å²) in [6, 6.07) is 0. The second kappa shape index (κ2) is 7.12. The number of alkyl halides is 3. The van der Waals surface area contributed by atoms with Gasteiger partial charge >= 0.3 is 6.18 Å². The van der Waals surface area contributed by atoms with E-state index in [2.05, 4.69) is 11.7 Å². The van der Waals surface area contributed by atoms with E-state index in [1.807, 2.05) is 0 Å². The van der Waals surface area contributed by atoms with Gasteiger partial charge in [-0.2, -0.15) is 13.2 Å². The molecule has 2 nitrogen and oxygen atoms in total. The fraction of sp³-hybridized carbons (Fsp3) is 0.923. The Morgan fingerprint density at radius 1 is 1.39 bits per heavy atom. The van der Waals surface area contributed by atoms with Gasteiger partial charge in [0.1, 0.15) is 12.4 Å². The lowest BCUT2D eigenvalue weighted by Crippen LogP contribution is -2.25. The molecule has 2 atom stereocenters. The molecule has 1 rings (SSSR count). The van der Waals surface area contributed by atoms with E-state index in [1.165, 1.54) is 0 Å². The smallest absolute Gasteiger partial charge is 0.372 e. The molecule has 0 bridgehead atoms. The third-order valence-electron chi connectivity index (χ3n) is 3.56. The molecule has 0 saturated heterocycles. The van der Waals surface area contributed by atoms with Crippen molar-refractivity contribution in [1.82, 2.24) is 0 Å². The molecule has 106 valence electrons. The lowest BCUT2D eigenvalue weighted by Gasteiger charge is -2.27. The topological polar surface area (TPSA) is 26.3 Å². The monoisotopic (exact) mass is 266 g/mol. The average Bonchev–Trinajstić information content (AvgIpc) is 2.29. The highest BCUT2D eigenvalue weighted by atomic mass is 19.4. The number of halogens is 3. The van der Waals surface area contributed by atoms with Crippen LogP contribution in [0.3, 0.4) is 0 Å². The van der Waals surface area contributed by atoms with Crippen LogP contribution in [-0.2, 0) is 9.53 Å². The largest absolute Gasteiger partial charge is 0.411 e. The van der Waals surface area contributed by atoms with Gasteiger partial charge in [0, 0.05) is 18.9 Å². The van der Waals surface area contributed by atoms with Crippen molar-refractivity contribution in [2.24, 2.45) is 11.8 Å². The van der Waals surface area contributed by atoms with Gasteiger partial charge in [0.25, 0.3) is 0 Å². The van der Waals surface area contributed by atoms with Gasteiger partial charge in [-0.3, -0.25) is 4.79 Å². The van der Waals surface area contributed by atoms with Crippen molar-refractivity contribution in [2.75, 3.05) is 13.2 Å². The van der Waals surface area contributed by atoms with Crippen molar-refractivity contribution in [3.05, 3.63) is 0 Å². The van der Waals surface area contributed by atoms with Gasteiger partial charge in [-0.25, -0.2) is 0 Å². The second-order valence-corrected chi connectivity index (χ2v) is 5.02. The molecule has 2 unspecified atom stereocenters. The normalized spacial score (nSPS) is 25.4. The molecular weight excluding hydrogens is 245 g/mol. The molecule has 0 aromatic rings. The van der Waals surface area contributed by atoms with Crippen molar-refractivity contribution >= 4 is 5.78 Å². The van der Waals surface area contributed by atoms with Gasteiger partial charge in [-0.05, 0) is 31.6 Å². The fourth-order valence-electron chi connectivity index (χ4n) is 2.47. The molecule has 1 aliphatic carbocycles. The first kappa shape index (κ1) is 15.5. The maximum atomic E-state index is 11.8. The molecule has 0 spiro atoms. The Bertz CT molecular complexity index is 263. The Morgan fingerprint density at radius 3 is 2.72 bits per heavy atom. The number of carbonyl (C=O) groups excluding carboxylic acids is 1. The summed E-state index contributed by atoms with van der Waals surface area (Å²) >= 11 is 0. The minimum Gasteiger partial charge on any atom is -0.372 e. The van der Waals surface area contributed by atoms with Crippen LogP contribution in [-0.4, -0.2) is 25.2 Å². The van der Waals surface area contributed by atoms with Crippen molar-refractivity contribution in [2.45, 2.75) is 51.6 Å². The molecular formula is C13H21F3O2. The maximum absolute atomic E-state index is 11.8. The van der Waals surface area contributed by atoms with Crippen molar-refractivity contribution in [3.8, 4) is 0 Å². The standard InChI is InChI=1S/C13H21F3O2/c1-2-10-5-6-12(17)11(8-10)4-3-7-18-9-13(14,15)16/h10-11H,2-9H2,1H3. The van der Waals surface area contributed by atoms with E-state index in [1.54, 1.807) is 0 Å². The summed E-state index contributed by atoms with van der Waals surface area (Å²) in [7, 11) is 0. The summed E-state index contributed by atoms with van der Waals surface area (Å²) in [4.78, 5) is 11.7. The highest BCUT2D eigenvalue weighted by Gasteiger charge is 2.28. The second-order valence-electron chi connectivity index (χ2n) is 5.02. The van der Waals surface area contributed by atoms with Crippen molar-refractivity contribution in [3.63, 3.8) is 0 Å². The lowest BCUT2D eigenvalue weighted by molar-refractivity contribution is -0.174. The Kier molecular flexibility index (Phi) is 6.12. The number of carbonyl (C=O) groups is 1.